The van der Waals surface area contributed by atoms with Crippen LogP contribution in [0.4, 0.5) is 5.69 Å². The molecule has 3 aromatic carbocycles. The van der Waals surface area contributed by atoms with E-state index in [0.717, 1.165) is 0 Å². The van der Waals surface area contributed by atoms with Gasteiger partial charge < -0.3 is 19.3 Å². The normalized spacial score (nSPS) is 16.3. The van der Waals surface area contributed by atoms with Crippen molar-refractivity contribution in [2.24, 2.45) is 0 Å². The van der Waals surface area contributed by atoms with Crippen LogP contribution in [0.15, 0.2) is 78.4 Å². The zero-order valence-electron chi connectivity index (χ0n) is 22.2. The average Bonchev–Trinajstić information content (AvgIpc) is 3.20. The van der Waals surface area contributed by atoms with Crippen LogP contribution < -0.4 is 14.4 Å². The smallest absolute Gasteiger partial charge is 0.310 e. The summed E-state index contributed by atoms with van der Waals surface area (Å²) in [5, 5.41) is 11.5. The lowest BCUT2D eigenvalue weighted by molar-refractivity contribution is -0.142. The molecule has 3 aromatic rings. The minimum Gasteiger partial charge on any atom is -0.507 e. The quantitative estimate of drug-likeness (QED) is 0.166. The number of hydrogen-bond acceptors (Lipinski definition) is 7. The molecule has 1 amide bonds. The zero-order valence-corrected chi connectivity index (χ0v) is 22.2. The number of aliphatic hydroxyl groups is 1. The maximum absolute atomic E-state index is 13.5. The van der Waals surface area contributed by atoms with Gasteiger partial charge in [0.2, 0.25) is 0 Å². The molecule has 1 fully saturated rings. The van der Waals surface area contributed by atoms with E-state index < -0.39 is 17.7 Å². The van der Waals surface area contributed by atoms with Gasteiger partial charge in [-0.3, -0.25) is 19.3 Å². The minimum atomic E-state index is -0.886. The van der Waals surface area contributed by atoms with E-state index in [-0.39, 0.29) is 35.9 Å². The van der Waals surface area contributed by atoms with Gasteiger partial charge in [-0.05, 0) is 56.2 Å². The summed E-state index contributed by atoms with van der Waals surface area (Å²) in [5.74, 6) is -1.38. The number of carbonyl (C=O) groups is 3. The molecule has 1 heterocycles. The van der Waals surface area contributed by atoms with Gasteiger partial charge in [0.1, 0.15) is 17.3 Å². The lowest BCUT2D eigenvalue weighted by Gasteiger charge is -2.25. The molecule has 1 unspecified atom stereocenters. The number of rotatable bonds is 10. The number of ketones is 1. The van der Waals surface area contributed by atoms with Crippen LogP contribution in [0.1, 0.15) is 43.5 Å². The van der Waals surface area contributed by atoms with E-state index in [9.17, 15) is 19.5 Å². The zero-order chi connectivity index (χ0) is 27.9. The fourth-order valence-corrected chi connectivity index (χ4v) is 4.58. The van der Waals surface area contributed by atoms with Gasteiger partial charge in [0, 0.05) is 11.8 Å². The van der Waals surface area contributed by atoms with Gasteiger partial charge in [-0.1, -0.05) is 42.5 Å². The van der Waals surface area contributed by atoms with E-state index in [0.29, 0.717) is 41.5 Å². The van der Waals surface area contributed by atoms with Gasteiger partial charge in [0.25, 0.3) is 11.7 Å². The monoisotopic (exact) mass is 529 g/mol. The van der Waals surface area contributed by atoms with Crippen molar-refractivity contribution in [3.8, 4) is 11.5 Å². The van der Waals surface area contributed by atoms with Crippen molar-refractivity contribution in [1.29, 1.82) is 0 Å². The highest BCUT2D eigenvalue weighted by molar-refractivity contribution is 6.51. The number of carbonyl (C=O) groups excluding carboxylic acids is 3. The third kappa shape index (κ3) is 5.80. The molecular weight excluding hydrogens is 498 g/mol. The molecule has 1 N–H and O–H groups in total. The van der Waals surface area contributed by atoms with Crippen molar-refractivity contribution < 1.29 is 33.7 Å². The summed E-state index contributed by atoms with van der Waals surface area (Å²) in [6.07, 6.45) is 0.0903. The molecule has 1 aliphatic heterocycles. The highest BCUT2D eigenvalue weighted by Crippen LogP contribution is 2.43. The Bertz CT molecular complexity index is 1380. The van der Waals surface area contributed by atoms with Gasteiger partial charge in [-0.2, -0.15) is 0 Å². The van der Waals surface area contributed by atoms with Crippen molar-refractivity contribution in [3.05, 3.63) is 95.1 Å². The first-order valence-electron chi connectivity index (χ1n) is 12.9. The van der Waals surface area contributed by atoms with Crippen LogP contribution in [0.25, 0.3) is 5.76 Å². The van der Waals surface area contributed by atoms with Crippen molar-refractivity contribution >= 4 is 29.1 Å². The SMILES string of the molecule is CCOC(=O)Cc1ccc(N2C(=O)C(=O)/C(=C(\O)c3ccc(OCC)cc3OCC)C2c2ccccc2)cc1. The number of anilines is 1. The predicted octanol–water partition coefficient (Wildman–Crippen LogP) is 5.22. The maximum Gasteiger partial charge on any atom is 0.310 e. The molecule has 39 heavy (non-hydrogen) atoms. The highest BCUT2D eigenvalue weighted by Gasteiger charge is 2.47. The molecule has 1 aliphatic rings. The average molecular weight is 530 g/mol. The molecule has 8 nitrogen and oxygen atoms in total. The Morgan fingerprint density at radius 1 is 0.872 bits per heavy atom. The molecular formula is C31H31NO7. The molecule has 0 aromatic heterocycles. The van der Waals surface area contributed by atoms with E-state index in [4.69, 9.17) is 14.2 Å². The fraction of sp³-hybridized carbons (Fsp3) is 0.258. The lowest BCUT2D eigenvalue weighted by Crippen LogP contribution is -2.29. The topological polar surface area (TPSA) is 102 Å². The van der Waals surface area contributed by atoms with E-state index in [2.05, 4.69) is 0 Å². The van der Waals surface area contributed by atoms with E-state index in [1.54, 1.807) is 73.7 Å². The Kier molecular flexibility index (Phi) is 8.66. The Labute approximate surface area is 227 Å². The molecule has 1 saturated heterocycles. The Morgan fingerprint density at radius 3 is 2.21 bits per heavy atom. The van der Waals surface area contributed by atoms with E-state index in [1.165, 1.54) is 4.90 Å². The summed E-state index contributed by atoms with van der Waals surface area (Å²) >= 11 is 0. The Balaban J connectivity index is 1.82. The van der Waals surface area contributed by atoms with Gasteiger partial charge in [0.05, 0.1) is 43.4 Å². The molecule has 202 valence electrons. The van der Waals surface area contributed by atoms with Crippen LogP contribution in [0.2, 0.25) is 0 Å². The second-order valence-electron chi connectivity index (χ2n) is 8.75. The molecule has 0 spiro atoms. The standard InChI is InChI=1S/C31H31NO7/c1-4-37-23-16-17-24(25(19-23)38-5-2)29(34)27-28(21-10-8-7-9-11-21)32(31(36)30(27)35)22-14-12-20(13-15-22)18-26(33)39-6-3/h7-17,19,28,34H,4-6,18H2,1-3H3/b29-27-. The molecule has 0 saturated carbocycles. The summed E-state index contributed by atoms with van der Waals surface area (Å²) in [4.78, 5) is 40.2. The number of amides is 1. The number of ether oxygens (including phenoxy) is 3. The Hall–Kier alpha value is -4.59. The van der Waals surface area contributed by atoms with Crippen molar-refractivity contribution in [2.75, 3.05) is 24.7 Å². The summed E-state index contributed by atoms with van der Waals surface area (Å²) < 4.78 is 16.3. The molecule has 4 rings (SSSR count). The van der Waals surface area contributed by atoms with Crippen molar-refractivity contribution in [3.63, 3.8) is 0 Å². The second-order valence-corrected chi connectivity index (χ2v) is 8.75. The number of aliphatic hydroxyl groups excluding tert-OH is 1. The largest absolute Gasteiger partial charge is 0.507 e. The van der Waals surface area contributed by atoms with Crippen LogP contribution >= 0.6 is 0 Å². The van der Waals surface area contributed by atoms with Gasteiger partial charge >= 0.3 is 5.97 Å². The third-order valence-corrected chi connectivity index (χ3v) is 6.25. The van der Waals surface area contributed by atoms with Crippen LogP contribution in [0, 0.1) is 0 Å². The highest BCUT2D eigenvalue weighted by atomic mass is 16.5. The first-order valence-corrected chi connectivity index (χ1v) is 12.9. The van der Waals surface area contributed by atoms with E-state index in [1.807, 2.05) is 19.9 Å². The second kappa shape index (κ2) is 12.3. The molecule has 1 atom stereocenters. The summed E-state index contributed by atoms with van der Waals surface area (Å²) in [7, 11) is 0. The molecule has 8 heteroatoms. The van der Waals surface area contributed by atoms with Crippen molar-refractivity contribution in [2.45, 2.75) is 33.2 Å². The summed E-state index contributed by atoms with van der Waals surface area (Å²) in [6, 6.07) is 19.9. The van der Waals surface area contributed by atoms with Crippen LogP contribution in [-0.2, 0) is 25.5 Å². The first-order chi connectivity index (χ1) is 18.9. The molecule has 0 radical (unpaired) electrons. The van der Waals surface area contributed by atoms with Gasteiger partial charge in [-0.15, -0.1) is 0 Å². The number of nitrogens with zero attached hydrogens (tertiary/aromatic N) is 1. The third-order valence-electron chi connectivity index (χ3n) is 6.25. The van der Waals surface area contributed by atoms with Crippen LogP contribution in [0.5, 0.6) is 11.5 Å². The van der Waals surface area contributed by atoms with Crippen LogP contribution in [0.3, 0.4) is 0 Å². The summed E-state index contributed by atoms with van der Waals surface area (Å²) in [6.45, 7) is 6.48. The number of benzene rings is 3. The van der Waals surface area contributed by atoms with Gasteiger partial charge in [-0.25, -0.2) is 0 Å². The van der Waals surface area contributed by atoms with E-state index >= 15 is 0 Å². The van der Waals surface area contributed by atoms with Crippen molar-refractivity contribution in [1.82, 2.24) is 0 Å². The minimum absolute atomic E-state index is 0.0492. The Morgan fingerprint density at radius 2 is 1.56 bits per heavy atom. The first kappa shape index (κ1) is 27.4. The van der Waals surface area contributed by atoms with Crippen LogP contribution in [-0.4, -0.2) is 42.6 Å². The molecule has 0 aliphatic carbocycles. The number of Topliss-reactive ketones (excluding diaryl/α,β-unsaturated/α-hetero) is 1. The predicted molar refractivity (Wildman–Crippen MR) is 147 cm³/mol. The number of hydrogen-bond donors (Lipinski definition) is 1. The maximum atomic E-state index is 13.5. The van der Waals surface area contributed by atoms with Gasteiger partial charge in [0.15, 0.2) is 0 Å². The fourth-order valence-electron chi connectivity index (χ4n) is 4.58. The summed E-state index contributed by atoms with van der Waals surface area (Å²) in [5.41, 5.74) is 2.05. The lowest BCUT2D eigenvalue weighted by atomic mass is 9.94. The molecule has 0 bridgehead atoms. The number of esters is 1.